The van der Waals surface area contributed by atoms with E-state index in [-0.39, 0.29) is 12.3 Å². The maximum atomic E-state index is 12.6. The van der Waals surface area contributed by atoms with Crippen LogP contribution in [-0.4, -0.2) is 51.7 Å². The minimum atomic E-state index is -5.67. The van der Waals surface area contributed by atoms with Crippen LogP contribution in [0.4, 0.5) is 26.3 Å². The number of aliphatic hydroxyl groups is 1. The van der Waals surface area contributed by atoms with Crippen molar-refractivity contribution in [1.82, 2.24) is 0 Å². The van der Waals surface area contributed by atoms with E-state index in [0.717, 1.165) is 0 Å². The Balaban J connectivity index is 0.000000311. The minimum Gasteiger partial charge on any atom is -0.374 e. The summed E-state index contributed by atoms with van der Waals surface area (Å²) in [7, 11) is -2.25. The molecule has 0 aromatic rings. The highest BCUT2D eigenvalue weighted by molar-refractivity contribution is 6.59. The Kier molecular flexibility index (Phi) is 8.83. The Morgan fingerprint density at radius 2 is 1.25 bits per heavy atom. The summed E-state index contributed by atoms with van der Waals surface area (Å²) >= 11 is 0. The lowest BCUT2D eigenvalue weighted by Crippen LogP contribution is -2.62. The molecular weight excluding hydrogens is 410 g/mol. The van der Waals surface area contributed by atoms with Crippen molar-refractivity contribution in [3.8, 4) is 0 Å². The first kappa shape index (κ1) is 25.7. The molecule has 11 heteroatoms. The first-order chi connectivity index (χ1) is 12.8. The van der Waals surface area contributed by atoms with E-state index in [1.54, 1.807) is 0 Å². The molecule has 0 amide bonds. The number of fused-ring (bicyclic) bond motifs is 2. The fourth-order valence-corrected chi connectivity index (χ4v) is 6.07. The van der Waals surface area contributed by atoms with Gasteiger partial charge in [0, 0.05) is 32.3 Å². The molecule has 0 heterocycles. The second-order valence-corrected chi connectivity index (χ2v) is 9.80. The van der Waals surface area contributed by atoms with E-state index in [0.29, 0.717) is 39.1 Å². The van der Waals surface area contributed by atoms with Crippen molar-refractivity contribution in [2.75, 3.05) is 19.8 Å². The summed E-state index contributed by atoms with van der Waals surface area (Å²) in [6.45, 7) is 9.73. The number of halogens is 6. The van der Waals surface area contributed by atoms with Crippen LogP contribution in [0.1, 0.15) is 46.5 Å². The Labute approximate surface area is 162 Å². The number of alkyl halides is 6. The van der Waals surface area contributed by atoms with E-state index in [2.05, 4.69) is 0 Å². The smallest absolute Gasteiger partial charge is 0.374 e. The van der Waals surface area contributed by atoms with Crippen molar-refractivity contribution < 1.29 is 44.7 Å². The van der Waals surface area contributed by atoms with Crippen LogP contribution < -0.4 is 0 Å². The van der Waals surface area contributed by atoms with Gasteiger partial charge in [0.15, 0.2) is 0 Å². The first-order valence-electron chi connectivity index (χ1n) is 9.53. The molecule has 168 valence electrons. The molecular formula is C17H30F6O4Si. The Morgan fingerprint density at radius 1 is 0.821 bits per heavy atom. The molecule has 2 saturated carbocycles. The van der Waals surface area contributed by atoms with Gasteiger partial charge in [0.05, 0.1) is 0 Å². The van der Waals surface area contributed by atoms with Crippen LogP contribution >= 0.6 is 0 Å². The Morgan fingerprint density at radius 3 is 1.50 bits per heavy atom. The predicted molar refractivity (Wildman–Crippen MR) is 92.5 cm³/mol. The molecule has 0 saturated heterocycles. The number of rotatable bonds is 7. The summed E-state index contributed by atoms with van der Waals surface area (Å²) < 4.78 is 91.9. The van der Waals surface area contributed by atoms with Gasteiger partial charge in [-0.25, -0.2) is 0 Å². The van der Waals surface area contributed by atoms with Gasteiger partial charge in [-0.05, 0) is 51.9 Å². The third-order valence-electron chi connectivity index (χ3n) is 5.36. The SMILES string of the molecule is CCO[Si](C)(OCC)OCC.OC(C1CC2CCC1C2)(C(F)(F)F)C(F)(F)F. The van der Waals surface area contributed by atoms with Crippen LogP contribution in [0, 0.1) is 17.8 Å². The third-order valence-corrected chi connectivity index (χ3v) is 7.80. The monoisotopic (exact) mass is 440 g/mol. The summed E-state index contributed by atoms with van der Waals surface area (Å²) in [5, 5.41) is 9.26. The summed E-state index contributed by atoms with van der Waals surface area (Å²) in [4.78, 5) is 0. The number of hydrogen-bond donors (Lipinski definition) is 1. The fourth-order valence-electron chi connectivity index (χ4n) is 4.25. The molecule has 2 rings (SSSR count). The molecule has 2 aliphatic rings. The molecule has 0 aliphatic heterocycles. The molecule has 3 unspecified atom stereocenters. The average Bonchev–Trinajstić information content (AvgIpc) is 3.16. The average molecular weight is 440 g/mol. The molecule has 4 nitrogen and oxygen atoms in total. The van der Waals surface area contributed by atoms with E-state index in [1.807, 2.05) is 27.3 Å². The van der Waals surface area contributed by atoms with Crippen molar-refractivity contribution in [2.45, 2.75) is 71.0 Å². The minimum absolute atomic E-state index is 0.0961. The number of hydrogen-bond acceptors (Lipinski definition) is 4. The zero-order valence-corrected chi connectivity index (χ0v) is 17.6. The van der Waals surface area contributed by atoms with Gasteiger partial charge in [-0.1, -0.05) is 6.42 Å². The van der Waals surface area contributed by atoms with E-state index < -0.39 is 38.6 Å². The normalized spacial score (nSPS) is 25.6. The molecule has 1 N–H and O–H groups in total. The quantitative estimate of drug-likeness (QED) is 0.450. The summed E-state index contributed by atoms with van der Waals surface area (Å²) in [5.41, 5.74) is -4.54. The largest absolute Gasteiger partial charge is 0.497 e. The standard InChI is InChI=1S/C10H12F6O.C7H18O3Si/c11-9(12,13)8(17,10(14,15)16)7-4-5-1-2-6(7)3-5;1-5-8-11(4,9-6-2)10-7-3/h5-7,17H,1-4H2;5-7H2,1-4H3. The van der Waals surface area contributed by atoms with Crippen molar-refractivity contribution in [3.63, 3.8) is 0 Å². The van der Waals surface area contributed by atoms with Gasteiger partial charge in [-0.2, -0.15) is 26.3 Å². The van der Waals surface area contributed by atoms with Crippen LogP contribution in [-0.2, 0) is 13.3 Å². The maximum absolute atomic E-state index is 12.6. The van der Waals surface area contributed by atoms with E-state index in [4.69, 9.17) is 13.3 Å². The molecule has 2 fully saturated rings. The van der Waals surface area contributed by atoms with E-state index in [1.165, 1.54) is 0 Å². The van der Waals surface area contributed by atoms with Crippen molar-refractivity contribution in [1.29, 1.82) is 0 Å². The molecule has 0 spiro atoms. The molecule has 0 aromatic carbocycles. The second-order valence-electron chi connectivity index (χ2n) is 7.20. The Bertz CT molecular complexity index is 454. The van der Waals surface area contributed by atoms with Crippen LogP contribution in [0.5, 0.6) is 0 Å². The fraction of sp³-hybridized carbons (Fsp3) is 1.00. The molecule has 2 bridgehead atoms. The zero-order chi connectivity index (χ0) is 21.8. The lowest BCUT2D eigenvalue weighted by Gasteiger charge is -2.40. The van der Waals surface area contributed by atoms with Crippen LogP contribution in [0.25, 0.3) is 0 Å². The van der Waals surface area contributed by atoms with E-state index in [9.17, 15) is 31.4 Å². The maximum Gasteiger partial charge on any atom is 0.497 e. The lowest BCUT2D eigenvalue weighted by molar-refractivity contribution is -0.388. The zero-order valence-electron chi connectivity index (χ0n) is 16.6. The van der Waals surface area contributed by atoms with Gasteiger partial charge in [-0.3, -0.25) is 0 Å². The van der Waals surface area contributed by atoms with Gasteiger partial charge in [0.2, 0.25) is 0 Å². The molecule has 2 aliphatic carbocycles. The van der Waals surface area contributed by atoms with Gasteiger partial charge in [-0.15, -0.1) is 0 Å². The predicted octanol–water partition coefficient (Wildman–Crippen LogP) is 4.94. The lowest BCUT2D eigenvalue weighted by atomic mass is 9.75. The summed E-state index contributed by atoms with van der Waals surface area (Å²) in [6, 6.07) is 0. The molecule has 28 heavy (non-hydrogen) atoms. The van der Waals surface area contributed by atoms with Gasteiger partial charge in [0.25, 0.3) is 5.60 Å². The molecule has 0 radical (unpaired) electrons. The first-order valence-corrected chi connectivity index (χ1v) is 11.8. The highest BCUT2D eigenvalue weighted by atomic mass is 28.4. The third kappa shape index (κ3) is 5.62. The van der Waals surface area contributed by atoms with Crippen LogP contribution in [0.2, 0.25) is 6.55 Å². The highest BCUT2D eigenvalue weighted by Crippen LogP contribution is 2.59. The summed E-state index contributed by atoms with van der Waals surface area (Å²) in [6.07, 6.45) is -10.1. The molecule has 3 atom stereocenters. The highest BCUT2D eigenvalue weighted by Gasteiger charge is 2.75. The van der Waals surface area contributed by atoms with Crippen molar-refractivity contribution in [2.24, 2.45) is 17.8 Å². The van der Waals surface area contributed by atoms with Crippen molar-refractivity contribution >= 4 is 8.80 Å². The Hall–Kier alpha value is -0.363. The van der Waals surface area contributed by atoms with Gasteiger partial charge < -0.3 is 18.4 Å². The van der Waals surface area contributed by atoms with Crippen LogP contribution in [0.15, 0.2) is 0 Å². The molecule has 0 aromatic heterocycles. The van der Waals surface area contributed by atoms with Crippen molar-refractivity contribution in [3.05, 3.63) is 0 Å². The summed E-state index contributed by atoms with van der Waals surface area (Å²) in [5.74, 6) is -2.49. The topological polar surface area (TPSA) is 47.9 Å². The van der Waals surface area contributed by atoms with Crippen LogP contribution in [0.3, 0.4) is 0 Å². The van der Waals surface area contributed by atoms with E-state index >= 15 is 0 Å². The second kappa shape index (κ2) is 9.63. The van der Waals surface area contributed by atoms with Gasteiger partial charge in [0.1, 0.15) is 0 Å². The van der Waals surface area contributed by atoms with Gasteiger partial charge >= 0.3 is 21.2 Å².